The summed E-state index contributed by atoms with van der Waals surface area (Å²) in [5.74, 6) is 0. The Balaban J connectivity index is 2.40. The molecule has 0 N–H and O–H groups in total. The van der Waals surface area contributed by atoms with Crippen LogP contribution in [0.3, 0.4) is 0 Å². The van der Waals surface area contributed by atoms with Crippen LogP contribution in [0.25, 0.3) is 0 Å². The molecule has 0 unspecified atom stereocenters. The molecule has 0 heterocycles. The zero-order valence-electron chi connectivity index (χ0n) is 9.69. The molecule has 0 saturated heterocycles. The Morgan fingerprint density at radius 1 is 1.20 bits per heavy atom. The minimum Gasteiger partial charge on any atom is -0.295 e. The lowest BCUT2D eigenvalue weighted by molar-refractivity contribution is -0.149. The van der Waals surface area contributed by atoms with Gasteiger partial charge in [0.05, 0.1) is 6.54 Å². The van der Waals surface area contributed by atoms with Crippen LogP contribution in [0.1, 0.15) is 39.5 Å². The molecular formula is C11H20F3N. The van der Waals surface area contributed by atoms with Crippen LogP contribution in [0, 0.1) is 5.41 Å². The molecule has 90 valence electrons. The van der Waals surface area contributed by atoms with Gasteiger partial charge in [-0.2, -0.15) is 13.2 Å². The topological polar surface area (TPSA) is 3.24 Å². The van der Waals surface area contributed by atoms with Crippen molar-refractivity contribution in [1.82, 2.24) is 4.90 Å². The molecular weight excluding hydrogens is 203 g/mol. The van der Waals surface area contributed by atoms with Crippen molar-refractivity contribution in [3.8, 4) is 0 Å². The highest BCUT2D eigenvalue weighted by Gasteiger charge is 2.34. The van der Waals surface area contributed by atoms with E-state index in [1.54, 1.807) is 7.05 Å². The summed E-state index contributed by atoms with van der Waals surface area (Å²) in [6, 6.07) is 0.111. The van der Waals surface area contributed by atoms with Crippen molar-refractivity contribution in [2.24, 2.45) is 5.41 Å². The second kappa shape index (κ2) is 4.32. The van der Waals surface area contributed by atoms with E-state index in [-0.39, 0.29) is 6.04 Å². The fourth-order valence-electron chi connectivity index (χ4n) is 2.24. The third-order valence-corrected chi connectivity index (χ3v) is 3.36. The van der Waals surface area contributed by atoms with Gasteiger partial charge in [-0.3, -0.25) is 4.90 Å². The first-order chi connectivity index (χ1) is 6.70. The summed E-state index contributed by atoms with van der Waals surface area (Å²) in [7, 11) is 1.58. The summed E-state index contributed by atoms with van der Waals surface area (Å²) in [6.07, 6.45) is -0.236. The van der Waals surface area contributed by atoms with Crippen molar-refractivity contribution in [1.29, 1.82) is 0 Å². The van der Waals surface area contributed by atoms with Gasteiger partial charge in [-0.05, 0) is 38.1 Å². The number of hydrogen-bond donors (Lipinski definition) is 0. The molecule has 0 radical (unpaired) electrons. The molecule has 0 aromatic heterocycles. The normalized spacial score (nSPS) is 23.4. The van der Waals surface area contributed by atoms with Crippen LogP contribution in [-0.4, -0.2) is 30.7 Å². The van der Waals surface area contributed by atoms with Crippen LogP contribution in [0.4, 0.5) is 13.2 Å². The van der Waals surface area contributed by atoms with Crippen molar-refractivity contribution in [3.05, 3.63) is 0 Å². The van der Waals surface area contributed by atoms with E-state index in [9.17, 15) is 13.2 Å². The van der Waals surface area contributed by atoms with E-state index in [0.29, 0.717) is 5.41 Å². The van der Waals surface area contributed by atoms with Gasteiger partial charge in [0.15, 0.2) is 0 Å². The van der Waals surface area contributed by atoms with Gasteiger partial charge in [0.1, 0.15) is 0 Å². The summed E-state index contributed by atoms with van der Waals surface area (Å²) in [5.41, 5.74) is 0.315. The van der Waals surface area contributed by atoms with Gasteiger partial charge in [0.2, 0.25) is 0 Å². The maximum Gasteiger partial charge on any atom is 0.401 e. The average Bonchev–Trinajstić information content (AvgIpc) is 2.00. The summed E-state index contributed by atoms with van der Waals surface area (Å²) in [6.45, 7) is 3.60. The summed E-state index contributed by atoms with van der Waals surface area (Å²) in [5, 5.41) is 0. The molecule has 0 bridgehead atoms. The Hall–Kier alpha value is -0.250. The predicted molar refractivity (Wildman–Crippen MR) is 54.7 cm³/mol. The fraction of sp³-hybridized carbons (Fsp3) is 1.00. The minimum atomic E-state index is -4.07. The zero-order valence-corrected chi connectivity index (χ0v) is 9.69. The van der Waals surface area contributed by atoms with Crippen LogP contribution in [-0.2, 0) is 0 Å². The Morgan fingerprint density at radius 2 is 1.67 bits per heavy atom. The number of halogens is 3. The first kappa shape index (κ1) is 12.8. The molecule has 0 atom stereocenters. The van der Waals surface area contributed by atoms with E-state index in [0.717, 1.165) is 25.7 Å². The van der Waals surface area contributed by atoms with Crippen molar-refractivity contribution >= 4 is 0 Å². The quantitative estimate of drug-likeness (QED) is 0.693. The standard InChI is InChI=1S/C11H20F3N/c1-10(2)6-4-9(5-7-10)15(3)8-11(12,13)14/h9H,4-8H2,1-3H3. The van der Waals surface area contributed by atoms with E-state index >= 15 is 0 Å². The highest BCUT2D eigenvalue weighted by molar-refractivity contribution is 4.83. The third-order valence-electron chi connectivity index (χ3n) is 3.36. The monoisotopic (exact) mass is 223 g/mol. The Labute approximate surface area is 89.6 Å². The zero-order chi connectivity index (χ0) is 11.7. The van der Waals surface area contributed by atoms with E-state index in [1.807, 2.05) is 0 Å². The smallest absolute Gasteiger partial charge is 0.295 e. The van der Waals surface area contributed by atoms with E-state index in [4.69, 9.17) is 0 Å². The molecule has 1 aliphatic carbocycles. The lowest BCUT2D eigenvalue weighted by Gasteiger charge is -2.38. The second-order valence-corrected chi connectivity index (χ2v) is 5.43. The SMILES string of the molecule is CN(CC(F)(F)F)C1CCC(C)(C)CC1. The van der Waals surface area contributed by atoms with Crippen molar-refractivity contribution < 1.29 is 13.2 Å². The Morgan fingerprint density at radius 3 is 2.07 bits per heavy atom. The van der Waals surface area contributed by atoms with Gasteiger partial charge in [0.25, 0.3) is 0 Å². The molecule has 1 saturated carbocycles. The number of rotatable bonds is 2. The van der Waals surface area contributed by atoms with E-state index in [1.165, 1.54) is 4.90 Å². The van der Waals surface area contributed by atoms with Gasteiger partial charge in [-0.25, -0.2) is 0 Å². The lowest BCUT2D eigenvalue weighted by Crippen LogP contribution is -2.41. The maximum atomic E-state index is 12.2. The van der Waals surface area contributed by atoms with Gasteiger partial charge in [0, 0.05) is 6.04 Å². The fourth-order valence-corrected chi connectivity index (χ4v) is 2.24. The number of hydrogen-bond acceptors (Lipinski definition) is 1. The van der Waals surface area contributed by atoms with Gasteiger partial charge in [-0.15, -0.1) is 0 Å². The molecule has 0 aromatic rings. The number of alkyl halides is 3. The van der Waals surface area contributed by atoms with E-state index in [2.05, 4.69) is 13.8 Å². The highest BCUT2D eigenvalue weighted by atomic mass is 19.4. The summed E-state index contributed by atoms with van der Waals surface area (Å²) >= 11 is 0. The van der Waals surface area contributed by atoms with Gasteiger partial charge in [-0.1, -0.05) is 13.8 Å². The summed E-state index contributed by atoms with van der Waals surface area (Å²) < 4.78 is 36.5. The Bertz CT molecular complexity index is 200. The van der Waals surface area contributed by atoms with Crippen molar-refractivity contribution in [2.75, 3.05) is 13.6 Å². The molecule has 1 nitrogen and oxygen atoms in total. The molecule has 0 spiro atoms. The molecule has 4 heteroatoms. The van der Waals surface area contributed by atoms with E-state index < -0.39 is 12.7 Å². The van der Waals surface area contributed by atoms with Gasteiger partial charge < -0.3 is 0 Å². The molecule has 0 aromatic carbocycles. The molecule has 0 aliphatic heterocycles. The molecule has 1 fully saturated rings. The highest BCUT2D eigenvalue weighted by Crippen LogP contribution is 2.37. The predicted octanol–water partition coefficient (Wildman–Crippen LogP) is 3.45. The first-order valence-corrected chi connectivity index (χ1v) is 5.47. The average molecular weight is 223 g/mol. The van der Waals surface area contributed by atoms with Crippen molar-refractivity contribution in [2.45, 2.75) is 51.7 Å². The summed E-state index contributed by atoms with van der Waals surface area (Å²) in [4.78, 5) is 1.45. The van der Waals surface area contributed by atoms with Crippen LogP contribution in [0.15, 0.2) is 0 Å². The Kier molecular flexibility index (Phi) is 3.69. The molecule has 15 heavy (non-hydrogen) atoms. The molecule has 0 amide bonds. The minimum absolute atomic E-state index is 0.111. The second-order valence-electron chi connectivity index (χ2n) is 5.43. The van der Waals surface area contributed by atoms with Crippen LogP contribution in [0.2, 0.25) is 0 Å². The molecule has 1 aliphatic rings. The molecule has 1 rings (SSSR count). The lowest BCUT2D eigenvalue weighted by atomic mass is 9.75. The van der Waals surface area contributed by atoms with Crippen molar-refractivity contribution in [3.63, 3.8) is 0 Å². The van der Waals surface area contributed by atoms with Crippen LogP contribution in [0.5, 0.6) is 0 Å². The third kappa shape index (κ3) is 4.41. The largest absolute Gasteiger partial charge is 0.401 e. The number of nitrogens with zero attached hydrogens (tertiary/aromatic N) is 1. The maximum absolute atomic E-state index is 12.2. The van der Waals surface area contributed by atoms with Gasteiger partial charge >= 0.3 is 6.18 Å². The van der Waals surface area contributed by atoms with Crippen LogP contribution >= 0.6 is 0 Å². The van der Waals surface area contributed by atoms with Crippen LogP contribution < -0.4 is 0 Å². The first-order valence-electron chi connectivity index (χ1n) is 5.47.